The lowest BCUT2D eigenvalue weighted by Gasteiger charge is -2.12. The highest BCUT2D eigenvalue weighted by Gasteiger charge is 2.13. The van der Waals surface area contributed by atoms with Gasteiger partial charge in [-0.05, 0) is 26.0 Å². The summed E-state index contributed by atoms with van der Waals surface area (Å²) < 4.78 is 10.7. The molecule has 0 aliphatic carbocycles. The Labute approximate surface area is 110 Å². The smallest absolute Gasteiger partial charge is 0.217 e. The minimum atomic E-state index is -0.0282. The number of aromatic nitrogens is 1. The molecule has 0 aliphatic rings. The number of halogens is 1. The molecule has 0 bridgehead atoms. The molecule has 0 spiro atoms. The molecule has 0 aliphatic heterocycles. The average molecular weight is 268 g/mol. The maximum absolute atomic E-state index is 9.96. The van der Waals surface area contributed by atoms with Gasteiger partial charge in [0.05, 0.1) is 18.2 Å². The predicted molar refractivity (Wildman–Crippen MR) is 70.7 cm³/mol. The highest BCUT2D eigenvalue weighted by molar-refractivity contribution is 6.33. The number of pyridine rings is 1. The molecule has 96 valence electrons. The summed E-state index contributed by atoms with van der Waals surface area (Å²) in [5, 5.41) is 11.0. The summed E-state index contributed by atoms with van der Waals surface area (Å²) in [6.45, 7) is 3.77. The minimum absolute atomic E-state index is 0.0282. The van der Waals surface area contributed by atoms with Crippen LogP contribution in [-0.2, 0) is 0 Å². The van der Waals surface area contributed by atoms with Crippen molar-refractivity contribution in [3.05, 3.63) is 23.2 Å². The van der Waals surface area contributed by atoms with Crippen molar-refractivity contribution in [1.82, 2.24) is 4.98 Å². The van der Waals surface area contributed by atoms with Crippen molar-refractivity contribution in [1.29, 1.82) is 0 Å². The predicted octanol–water partition coefficient (Wildman–Crippen LogP) is 3.39. The molecule has 0 amide bonds. The zero-order valence-electron chi connectivity index (χ0n) is 10.4. The van der Waals surface area contributed by atoms with E-state index in [4.69, 9.17) is 21.1 Å². The lowest BCUT2D eigenvalue weighted by atomic mass is 10.2. The molecule has 1 aromatic heterocycles. The van der Waals surface area contributed by atoms with Gasteiger partial charge in [0.1, 0.15) is 11.3 Å². The molecular formula is C13H14ClNO3. The molecular weight excluding hydrogens is 254 g/mol. The largest absolute Gasteiger partial charge is 0.507 e. The third-order valence-corrected chi connectivity index (χ3v) is 2.70. The third kappa shape index (κ3) is 2.29. The van der Waals surface area contributed by atoms with Gasteiger partial charge in [-0.25, -0.2) is 4.98 Å². The topological polar surface area (TPSA) is 51.6 Å². The number of fused-ring (bicyclic) bond motifs is 1. The zero-order chi connectivity index (χ0) is 13.3. The fourth-order valence-electron chi connectivity index (χ4n) is 1.70. The number of methoxy groups -OCH3 is 1. The first-order chi connectivity index (χ1) is 8.52. The van der Waals surface area contributed by atoms with Crippen molar-refractivity contribution < 1.29 is 14.6 Å². The van der Waals surface area contributed by atoms with Gasteiger partial charge in [0.25, 0.3) is 0 Å². The first kappa shape index (κ1) is 12.8. The van der Waals surface area contributed by atoms with Gasteiger partial charge in [-0.1, -0.05) is 11.6 Å². The Morgan fingerprint density at radius 3 is 2.67 bits per heavy atom. The van der Waals surface area contributed by atoms with E-state index in [9.17, 15) is 5.11 Å². The number of hydrogen-bond acceptors (Lipinski definition) is 4. The summed E-state index contributed by atoms with van der Waals surface area (Å²) in [4.78, 5) is 4.32. The SMILES string of the molecule is COc1c(Cl)ccc2c(O)cc(OC(C)C)nc12. The lowest BCUT2D eigenvalue weighted by molar-refractivity contribution is 0.232. The Balaban J connectivity index is 2.68. The van der Waals surface area contributed by atoms with E-state index >= 15 is 0 Å². The summed E-state index contributed by atoms with van der Waals surface area (Å²) in [6.07, 6.45) is -0.0282. The summed E-state index contributed by atoms with van der Waals surface area (Å²) in [6, 6.07) is 4.84. The monoisotopic (exact) mass is 267 g/mol. The first-order valence-electron chi connectivity index (χ1n) is 5.55. The van der Waals surface area contributed by atoms with Crippen LogP contribution in [0, 0.1) is 0 Å². The van der Waals surface area contributed by atoms with Gasteiger partial charge < -0.3 is 14.6 Å². The van der Waals surface area contributed by atoms with E-state index in [-0.39, 0.29) is 11.9 Å². The molecule has 1 N–H and O–H groups in total. The van der Waals surface area contributed by atoms with Crippen LogP contribution in [0.1, 0.15) is 13.8 Å². The molecule has 0 atom stereocenters. The zero-order valence-corrected chi connectivity index (χ0v) is 11.2. The van der Waals surface area contributed by atoms with Crippen LogP contribution in [0.25, 0.3) is 10.9 Å². The fourth-order valence-corrected chi connectivity index (χ4v) is 1.93. The second-order valence-electron chi connectivity index (χ2n) is 4.12. The van der Waals surface area contributed by atoms with Gasteiger partial charge in [-0.2, -0.15) is 0 Å². The number of benzene rings is 1. The van der Waals surface area contributed by atoms with Gasteiger partial charge in [0.15, 0.2) is 5.75 Å². The van der Waals surface area contributed by atoms with Crippen molar-refractivity contribution in [2.24, 2.45) is 0 Å². The molecule has 0 fully saturated rings. The van der Waals surface area contributed by atoms with Crippen molar-refractivity contribution >= 4 is 22.5 Å². The summed E-state index contributed by atoms with van der Waals surface area (Å²) in [5.41, 5.74) is 0.487. The van der Waals surface area contributed by atoms with Gasteiger partial charge in [0.2, 0.25) is 5.88 Å². The fraction of sp³-hybridized carbons (Fsp3) is 0.308. The molecule has 18 heavy (non-hydrogen) atoms. The van der Waals surface area contributed by atoms with E-state index in [1.165, 1.54) is 13.2 Å². The second-order valence-corrected chi connectivity index (χ2v) is 4.53. The normalized spacial score (nSPS) is 10.9. The number of hydrogen-bond donors (Lipinski definition) is 1. The molecule has 0 saturated carbocycles. The third-order valence-electron chi connectivity index (χ3n) is 2.40. The Hall–Kier alpha value is -1.68. The van der Waals surface area contributed by atoms with E-state index in [0.717, 1.165) is 0 Å². The van der Waals surface area contributed by atoms with Crippen LogP contribution >= 0.6 is 11.6 Å². The quantitative estimate of drug-likeness (QED) is 0.926. The Kier molecular flexibility index (Phi) is 3.48. The molecule has 0 radical (unpaired) electrons. The van der Waals surface area contributed by atoms with Crippen molar-refractivity contribution in [3.8, 4) is 17.4 Å². The van der Waals surface area contributed by atoms with Crippen LogP contribution in [0.2, 0.25) is 5.02 Å². The van der Waals surface area contributed by atoms with E-state index in [1.54, 1.807) is 12.1 Å². The molecule has 5 heteroatoms. The molecule has 0 saturated heterocycles. The molecule has 4 nitrogen and oxygen atoms in total. The van der Waals surface area contributed by atoms with Crippen molar-refractivity contribution in [3.63, 3.8) is 0 Å². The van der Waals surface area contributed by atoms with Crippen LogP contribution in [0.4, 0.5) is 0 Å². The Bertz CT molecular complexity index is 584. The van der Waals surface area contributed by atoms with Crippen molar-refractivity contribution in [2.45, 2.75) is 20.0 Å². The number of rotatable bonds is 3. The molecule has 0 unspecified atom stereocenters. The number of nitrogens with zero attached hydrogens (tertiary/aromatic N) is 1. The van der Waals surface area contributed by atoms with Crippen LogP contribution < -0.4 is 9.47 Å². The van der Waals surface area contributed by atoms with Crippen LogP contribution in [0.5, 0.6) is 17.4 Å². The molecule has 2 rings (SSSR count). The maximum atomic E-state index is 9.96. The molecule has 1 aromatic carbocycles. The van der Waals surface area contributed by atoms with Crippen LogP contribution in [0.3, 0.4) is 0 Å². The van der Waals surface area contributed by atoms with E-state index < -0.39 is 0 Å². The maximum Gasteiger partial charge on any atom is 0.217 e. The average Bonchev–Trinajstić information content (AvgIpc) is 2.27. The molecule has 2 aromatic rings. The van der Waals surface area contributed by atoms with Gasteiger partial charge in [0, 0.05) is 11.5 Å². The van der Waals surface area contributed by atoms with E-state index in [1.807, 2.05) is 13.8 Å². The van der Waals surface area contributed by atoms with E-state index in [2.05, 4.69) is 4.98 Å². The molecule has 1 heterocycles. The van der Waals surface area contributed by atoms with Crippen LogP contribution in [-0.4, -0.2) is 23.3 Å². The Morgan fingerprint density at radius 2 is 2.06 bits per heavy atom. The van der Waals surface area contributed by atoms with Crippen LogP contribution in [0.15, 0.2) is 18.2 Å². The minimum Gasteiger partial charge on any atom is -0.507 e. The summed E-state index contributed by atoms with van der Waals surface area (Å²) in [7, 11) is 1.51. The standard InChI is InChI=1S/C13H14ClNO3/c1-7(2)18-11-6-10(16)8-4-5-9(14)13(17-3)12(8)15-11/h4-7H,1-3H3,(H,15,16). The highest BCUT2D eigenvalue weighted by atomic mass is 35.5. The van der Waals surface area contributed by atoms with Gasteiger partial charge in [-0.15, -0.1) is 0 Å². The number of ether oxygens (including phenoxy) is 2. The van der Waals surface area contributed by atoms with E-state index in [0.29, 0.717) is 27.6 Å². The summed E-state index contributed by atoms with van der Waals surface area (Å²) >= 11 is 6.03. The lowest BCUT2D eigenvalue weighted by Crippen LogP contribution is -2.07. The van der Waals surface area contributed by atoms with Gasteiger partial charge >= 0.3 is 0 Å². The Morgan fingerprint density at radius 1 is 1.33 bits per heavy atom. The summed E-state index contributed by atoms with van der Waals surface area (Å²) in [5.74, 6) is 0.861. The highest BCUT2D eigenvalue weighted by Crippen LogP contribution is 2.37. The van der Waals surface area contributed by atoms with Crippen molar-refractivity contribution in [2.75, 3.05) is 7.11 Å². The first-order valence-corrected chi connectivity index (χ1v) is 5.93. The van der Waals surface area contributed by atoms with Gasteiger partial charge in [-0.3, -0.25) is 0 Å². The second kappa shape index (κ2) is 4.90. The number of aromatic hydroxyl groups is 1.